The molecule has 0 bridgehead atoms. The van der Waals surface area contributed by atoms with Crippen molar-refractivity contribution in [2.75, 3.05) is 0 Å². The number of benzene rings is 1. The van der Waals surface area contributed by atoms with Crippen molar-refractivity contribution in [1.29, 1.82) is 0 Å². The minimum Gasteiger partial charge on any atom is -0.489 e. The smallest absolute Gasteiger partial charge is 0.120 e. The topological polar surface area (TPSA) is 9.23 Å². The van der Waals surface area contributed by atoms with Crippen LogP contribution >= 0.6 is 15.9 Å². The quantitative estimate of drug-likeness (QED) is 0.543. The van der Waals surface area contributed by atoms with Crippen molar-refractivity contribution in [3.05, 3.63) is 83.6 Å². The Labute approximate surface area is 111 Å². The summed E-state index contributed by atoms with van der Waals surface area (Å²) in [4.78, 5) is 0. The molecule has 0 radical (unpaired) electrons. The van der Waals surface area contributed by atoms with E-state index in [1.165, 1.54) is 0 Å². The molecular formula is C15H15BrO. The van der Waals surface area contributed by atoms with E-state index in [0.29, 0.717) is 6.61 Å². The molecule has 2 heteroatoms. The van der Waals surface area contributed by atoms with Gasteiger partial charge < -0.3 is 4.74 Å². The first-order valence-electron chi connectivity index (χ1n) is 5.25. The third-order valence-corrected chi connectivity index (χ3v) is 2.56. The van der Waals surface area contributed by atoms with Crippen molar-refractivity contribution in [2.45, 2.75) is 6.61 Å². The number of halogens is 1. The van der Waals surface area contributed by atoms with Crippen LogP contribution in [-0.2, 0) is 11.3 Å². The van der Waals surface area contributed by atoms with Crippen LogP contribution in [-0.4, -0.2) is 0 Å². The summed E-state index contributed by atoms with van der Waals surface area (Å²) in [6, 6.07) is 10.0. The lowest BCUT2D eigenvalue weighted by Gasteiger charge is -2.07. The summed E-state index contributed by atoms with van der Waals surface area (Å²) in [5, 5.41) is 0. The lowest BCUT2D eigenvalue weighted by molar-refractivity contribution is 0.211. The molecule has 0 spiro atoms. The van der Waals surface area contributed by atoms with Gasteiger partial charge in [0.2, 0.25) is 0 Å². The van der Waals surface area contributed by atoms with Gasteiger partial charge in [0.1, 0.15) is 12.4 Å². The van der Waals surface area contributed by atoms with Crippen molar-refractivity contribution in [1.82, 2.24) is 0 Å². The highest BCUT2D eigenvalue weighted by molar-refractivity contribution is 9.11. The molecule has 17 heavy (non-hydrogen) atoms. The summed E-state index contributed by atoms with van der Waals surface area (Å²) in [5.41, 5.74) is 1.13. The summed E-state index contributed by atoms with van der Waals surface area (Å²) in [6.07, 6.45) is 7.08. The van der Waals surface area contributed by atoms with E-state index in [1.807, 2.05) is 42.5 Å². The SMILES string of the molecule is C=C/C=C(\C=C(\Br)C=C)OCc1ccccc1. The Kier molecular flexibility index (Phi) is 6.12. The zero-order valence-corrected chi connectivity index (χ0v) is 11.2. The average Bonchev–Trinajstić information content (AvgIpc) is 2.37. The minimum absolute atomic E-state index is 0.536. The van der Waals surface area contributed by atoms with E-state index in [2.05, 4.69) is 29.1 Å². The summed E-state index contributed by atoms with van der Waals surface area (Å²) in [6.45, 7) is 7.87. The molecule has 0 aliphatic carbocycles. The molecule has 0 unspecified atom stereocenters. The molecule has 0 aromatic heterocycles. The molecule has 0 heterocycles. The van der Waals surface area contributed by atoms with E-state index in [4.69, 9.17) is 4.74 Å². The molecule has 0 aliphatic rings. The molecule has 0 amide bonds. The van der Waals surface area contributed by atoms with Gasteiger partial charge in [0.15, 0.2) is 0 Å². The van der Waals surface area contributed by atoms with Crippen LogP contribution in [0.1, 0.15) is 5.56 Å². The second kappa shape index (κ2) is 7.69. The highest BCUT2D eigenvalue weighted by Crippen LogP contribution is 2.13. The first-order chi connectivity index (χ1) is 8.26. The van der Waals surface area contributed by atoms with Gasteiger partial charge in [-0.25, -0.2) is 0 Å². The zero-order chi connectivity index (χ0) is 12.5. The fraction of sp³-hybridized carbons (Fsp3) is 0.0667. The maximum absolute atomic E-state index is 5.68. The Bertz CT molecular complexity index is 429. The second-order valence-electron chi connectivity index (χ2n) is 3.31. The number of ether oxygens (including phenoxy) is 1. The molecule has 1 aromatic rings. The predicted molar refractivity (Wildman–Crippen MR) is 76.7 cm³/mol. The van der Waals surface area contributed by atoms with Crippen LogP contribution in [0.5, 0.6) is 0 Å². The Morgan fingerprint density at radius 2 is 1.94 bits per heavy atom. The largest absolute Gasteiger partial charge is 0.489 e. The van der Waals surface area contributed by atoms with E-state index >= 15 is 0 Å². The lowest BCUT2D eigenvalue weighted by atomic mass is 10.2. The highest BCUT2D eigenvalue weighted by atomic mass is 79.9. The minimum atomic E-state index is 0.536. The fourth-order valence-electron chi connectivity index (χ4n) is 1.19. The van der Waals surface area contributed by atoms with Crippen molar-refractivity contribution in [3.63, 3.8) is 0 Å². The average molecular weight is 291 g/mol. The number of allylic oxidation sites excluding steroid dienone is 5. The maximum Gasteiger partial charge on any atom is 0.120 e. The number of rotatable bonds is 6. The van der Waals surface area contributed by atoms with Crippen LogP contribution < -0.4 is 0 Å². The van der Waals surface area contributed by atoms with Crippen molar-refractivity contribution in [2.24, 2.45) is 0 Å². The van der Waals surface area contributed by atoms with Crippen LogP contribution in [0.2, 0.25) is 0 Å². The van der Waals surface area contributed by atoms with Gasteiger partial charge in [0, 0.05) is 4.48 Å². The third kappa shape index (κ3) is 5.36. The van der Waals surface area contributed by atoms with E-state index in [1.54, 1.807) is 12.2 Å². The molecule has 1 nitrogen and oxygen atoms in total. The van der Waals surface area contributed by atoms with E-state index in [-0.39, 0.29) is 0 Å². The van der Waals surface area contributed by atoms with Gasteiger partial charge in [-0.3, -0.25) is 0 Å². The molecule has 0 atom stereocenters. The first-order valence-corrected chi connectivity index (χ1v) is 6.04. The van der Waals surface area contributed by atoms with E-state index < -0.39 is 0 Å². The summed E-state index contributed by atoms with van der Waals surface area (Å²) >= 11 is 3.36. The van der Waals surface area contributed by atoms with Crippen molar-refractivity contribution >= 4 is 15.9 Å². The van der Waals surface area contributed by atoms with Crippen LogP contribution in [0.3, 0.4) is 0 Å². The molecule has 0 fully saturated rings. The predicted octanol–water partition coefficient (Wildman–Crippen LogP) is 4.74. The van der Waals surface area contributed by atoms with Gasteiger partial charge in [-0.1, -0.05) is 71.6 Å². The Morgan fingerprint density at radius 3 is 2.53 bits per heavy atom. The summed E-state index contributed by atoms with van der Waals surface area (Å²) in [7, 11) is 0. The lowest BCUT2D eigenvalue weighted by Crippen LogP contribution is -1.91. The standard InChI is InChI=1S/C15H15BrO/c1-3-8-15(11-14(16)4-2)17-12-13-9-6-5-7-10-13/h3-11H,1-2,12H2/b14-11+,15-8+. The molecule has 0 saturated carbocycles. The molecule has 1 rings (SSSR count). The Hall–Kier alpha value is -1.54. The molecule has 0 N–H and O–H groups in total. The highest BCUT2D eigenvalue weighted by Gasteiger charge is 1.96. The van der Waals surface area contributed by atoms with E-state index in [0.717, 1.165) is 15.8 Å². The van der Waals surface area contributed by atoms with Gasteiger partial charge >= 0.3 is 0 Å². The van der Waals surface area contributed by atoms with Crippen LogP contribution in [0.25, 0.3) is 0 Å². The molecule has 88 valence electrons. The van der Waals surface area contributed by atoms with Crippen LogP contribution in [0.15, 0.2) is 78.0 Å². The van der Waals surface area contributed by atoms with Crippen LogP contribution in [0.4, 0.5) is 0 Å². The van der Waals surface area contributed by atoms with Crippen molar-refractivity contribution in [3.8, 4) is 0 Å². The molecule has 0 aliphatic heterocycles. The zero-order valence-electron chi connectivity index (χ0n) is 9.60. The summed E-state index contributed by atoms with van der Waals surface area (Å²) < 4.78 is 6.55. The molecule has 1 aromatic carbocycles. The molecular weight excluding hydrogens is 276 g/mol. The molecule has 0 saturated heterocycles. The maximum atomic E-state index is 5.68. The van der Waals surface area contributed by atoms with E-state index in [9.17, 15) is 0 Å². The number of hydrogen-bond acceptors (Lipinski definition) is 1. The monoisotopic (exact) mass is 290 g/mol. The fourth-order valence-corrected chi connectivity index (χ4v) is 1.42. The normalized spacial score (nSPS) is 12.1. The van der Waals surface area contributed by atoms with Crippen LogP contribution in [0, 0.1) is 0 Å². The Balaban J connectivity index is 2.66. The van der Waals surface area contributed by atoms with Gasteiger partial charge in [0.25, 0.3) is 0 Å². The van der Waals surface area contributed by atoms with Gasteiger partial charge in [-0.15, -0.1) is 0 Å². The van der Waals surface area contributed by atoms with Gasteiger partial charge in [-0.05, 0) is 17.7 Å². The van der Waals surface area contributed by atoms with Gasteiger partial charge in [0.05, 0.1) is 0 Å². The van der Waals surface area contributed by atoms with Crippen molar-refractivity contribution < 1.29 is 4.74 Å². The Morgan fingerprint density at radius 1 is 1.24 bits per heavy atom. The van der Waals surface area contributed by atoms with Gasteiger partial charge in [-0.2, -0.15) is 0 Å². The second-order valence-corrected chi connectivity index (χ2v) is 4.23. The third-order valence-electron chi connectivity index (χ3n) is 2.01. The summed E-state index contributed by atoms with van der Waals surface area (Å²) in [5.74, 6) is 0.746. The number of hydrogen-bond donors (Lipinski definition) is 0. The first kappa shape index (κ1) is 13.5.